The lowest BCUT2D eigenvalue weighted by Gasteiger charge is -2.33. The SMILES string of the molecule is C[C@@H]1CCCCN1C(=O)c1ccc2c(c1)NC(=O)CCS2. The number of thioether (sulfide) groups is 1. The van der Waals surface area contributed by atoms with Gasteiger partial charge in [0.05, 0.1) is 5.69 Å². The first-order chi connectivity index (χ1) is 10.1. The monoisotopic (exact) mass is 304 g/mol. The maximum absolute atomic E-state index is 12.7. The Kier molecular flexibility index (Phi) is 4.19. The quantitative estimate of drug-likeness (QED) is 0.867. The molecule has 2 heterocycles. The minimum Gasteiger partial charge on any atom is -0.336 e. The molecule has 1 N–H and O–H groups in total. The average Bonchev–Trinajstić information content (AvgIpc) is 2.66. The molecule has 2 aliphatic rings. The van der Waals surface area contributed by atoms with Crippen molar-refractivity contribution in [1.29, 1.82) is 0 Å². The van der Waals surface area contributed by atoms with Gasteiger partial charge >= 0.3 is 0 Å². The molecule has 5 heteroatoms. The van der Waals surface area contributed by atoms with Gasteiger partial charge in [0.1, 0.15) is 0 Å². The minimum absolute atomic E-state index is 0.0252. The van der Waals surface area contributed by atoms with Gasteiger partial charge < -0.3 is 10.2 Å². The first kappa shape index (κ1) is 14.4. The molecule has 3 rings (SSSR count). The number of benzene rings is 1. The lowest BCUT2D eigenvalue weighted by molar-refractivity contribution is -0.115. The van der Waals surface area contributed by atoms with Gasteiger partial charge in [-0.05, 0) is 44.4 Å². The second kappa shape index (κ2) is 6.10. The van der Waals surface area contributed by atoms with E-state index in [2.05, 4.69) is 12.2 Å². The summed E-state index contributed by atoms with van der Waals surface area (Å²) in [6.07, 6.45) is 3.87. The number of hydrogen-bond acceptors (Lipinski definition) is 3. The van der Waals surface area contributed by atoms with Crippen LogP contribution in [-0.4, -0.2) is 35.1 Å². The van der Waals surface area contributed by atoms with Crippen LogP contribution in [-0.2, 0) is 4.79 Å². The van der Waals surface area contributed by atoms with E-state index in [0.29, 0.717) is 18.0 Å². The molecule has 1 fully saturated rings. The number of carbonyl (C=O) groups excluding carboxylic acids is 2. The molecular weight excluding hydrogens is 284 g/mol. The van der Waals surface area contributed by atoms with Gasteiger partial charge in [-0.15, -0.1) is 11.8 Å². The summed E-state index contributed by atoms with van der Waals surface area (Å²) in [5.74, 6) is 0.889. The van der Waals surface area contributed by atoms with E-state index in [0.717, 1.165) is 35.7 Å². The van der Waals surface area contributed by atoms with Gasteiger partial charge in [-0.3, -0.25) is 9.59 Å². The van der Waals surface area contributed by atoms with Crippen LogP contribution in [0.2, 0.25) is 0 Å². The molecular formula is C16H20N2O2S. The summed E-state index contributed by atoms with van der Waals surface area (Å²) in [6, 6.07) is 5.96. The molecule has 0 saturated carbocycles. The van der Waals surface area contributed by atoms with Crippen molar-refractivity contribution in [1.82, 2.24) is 4.90 Å². The standard InChI is InChI=1S/C16H20N2O2S/c1-11-4-2-3-8-18(11)16(20)12-5-6-14-13(10-12)17-15(19)7-9-21-14/h5-6,10-11H,2-4,7-9H2,1H3,(H,17,19)/t11-/m1/s1. The molecule has 2 amide bonds. The second-order valence-corrected chi connectivity index (χ2v) is 6.84. The summed E-state index contributed by atoms with van der Waals surface area (Å²) in [4.78, 5) is 27.3. The number of fused-ring (bicyclic) bond motifs is 1. The van der Waals surface area contributed by atoms with E-state index < -0.39 is 0 Å². The number of nitrogens with zero attached hydrogens (tertiary/aromatic N) is 1. The summed E-state index contributed by atoms with van der Waals surface area (Å²) >= 11 is 1.66. The van der Waals surface area contributed by atoms with Crippen LogP contribution in [0, 0.1) is 0 Å². The highest BCUT2D eigenvalue weighted by Crippen LogP contribution is 2.32. The summed E-state index contributed by atoms with van der Waals surface area (Å²) in [6.45, 7) is 2.94. The van der Waals surface area contributed by atoms with Gasteiger partial charge in [-0.25, -0.2) is 0 Å². The van der Waals surface area contributed by atoms with E-state index in [4.69, 9.17) is 0 Å². The zero-order valence-corrected chi connectivity index (χ0v) is 13.0. The van der Waals surface area contributed by atoms with E-state index in [-0.39, 0.29) is 11.8 Å². The van der Waals surface area contributed by atoms with Crippen LogP contribution in [0.1, 0.15) is 43.0 Å². The molecule has 0 unspecified atom stereocenters. The molecule has 0 bridgehead atoms. The molecule has 0 radical (unpaired) electrons. The van der Waals surface area contributed by atoms with Crippen molar-refractivity contribution in [3.8, 4) is 0 Å². The van der Waals surface area contributed by atoms with E-state index in [9.17, 15) is 9.59 Å². The van der Waals surface area contributed by atoms with Gasteiger partial charge in [0, 0.05) is 35.2 Å². The van der Waals surface area contributed by atoms with Crippen LogP contribution in [0.3, 0.4) is 0 Å². The number of likely N-dealkylation sites (tertiary alicyclic amines) is 1. The molecule has 0 aromatic heterocycles. The van der Waals surface area contributed by atoms with Crippen molar-refractivity contribution in [2.75, 3.05) is 17.6 Å². The van der Waals surface area contributed by atoms with Crippen molar-refractivity contribution in [2.45, 2.75) is 43.5 Å². The van der Waals surface area contributed by atoms with Gasteiger partial charge in [-0.1, -0.05) is 0 Å². The number of nitrogens with one attached hydrogen (secondary N) is 1. The third kappa shape index (κ3) is 3.07. The van der Waals surface area contributed by atoms with Gasteiger partial charge in [-0.2, -0.15) is 0 Å². The lowest BCUT2D eigenvalue weighted by atomic mass is 10.0. The summed E-state index contributed by atoms with van der Waals surface area (Å²) in [5, 5.41) is 2.90. The van der Waals surface area contributed by atoms with Crippen LogP contribution in [0.4, 0.5) is 5.69 Å². The molecule has 112 valence electrons. The fourth-order valence-electron chi connectivity index (χ4n) is 2.92. The maximum atomic E-state index is 12.7. The zero-order chi connectivity index (χ0) is 14.8. The number of rotatable bonds is 1. The highest BCUT2D eigenvalue weighted by atomic mass is 32.2. The van der Waals surface area contributed by atoms with Crippen LogP contribution in [0.15, 0.2) is 23.1 Å². The van der Waals surface area contributed by atoms with Crippen molar-refractivity contribution in [3.63, 3.8) is 0 Å². The van der Waals surface area contributed by atoms with Crippen LogP contribution in [0.25, 0.3) is 0 Å². The number of hydrogen-bond donors (Lipinski definition) is 1. The predicted molar refractivity (Wildman–Crippen MR) is 84.8 cm³/mol. The predicted octanol–water partition coefficient (Wildman–Crippen LogP) is 3.14. The number of amides is 2. The van der Waals surface area contributed by atoms with E-state index >= 15 is 0 Å². The Bertz CT molecular complexity index is 573. The average molecular weight is 304 g/mol. The Morgan fingerprint density at radius 1 is 1.38 bits per heavy atom. The smallest absolute Gasteiger partial charge is 0.254 e. The second-order valence-electron chi connectivity index (χ2n) is 5.70. The van der Waals surface area contributed by atoms with Crippen LogP contribution >= 0.6 is 11.8 Å². The van der Waals surface area contributed by atoms with Gasteiger partial charge in [0.25, 0.3) is 5.91 Å². The Hall–Kier alpha value is -1.49. The minimum atomic E-state index is 0.0252. The van der Waals surface area contributed by atoms with Crippen molar-refractivity contribution >= 4 is 29.3 Å². The fraction of sp³-hybridized carbons (Fsp3) is 0.500. The molecule has 4 nitrogen and oxygen atoms in total. The summed E-state index contributed by atoms with van der Waals surface area (Å²) in [5.41, 5.74) is 1.45. The van der Waals surface area contributed by atoms with Gasteiger partial charge in [0.15, 0.2) is 0 Å². The molecule has 0 aliphatic carbocycles. The van der Waals surface area contributed by atoms with E-state index in [1.807, 2.05) is 23.1 Å². The molecule has 1 aromatic rings. The third-order valence-corrected chi connectivity index (χ3v) is 5.23. The van der Waals surface area contributed by atoms with E-state index in [1.165, 1.54) is 6.42 Å². The summed E-state index contributed by atoms with van der Waals surface area (Å²) < 4.78 is 0. The Labute approximate surface area is 129 Å². The Balaban J connectivity index is 1.85. The zero-order valence-electron chi connectivity index (χ0n) is 12.2. The molecule has 1 saturated heterocycles. The number of piperidine rings is 1. The first-order valence-corrected chi connectivity index (χ1v) is 8.51. The van der Waals surface area contributed by atoms with Crippen molar-refractivity contribution in [2.24, 2.45) is 0 Å². The van der Waals surface area contributed by atoms with Crippen LogP contribution in [0.5, 0.6) is 0 Å². The number of anilines is 1. The summed E-state index contributed by atoms with van der Waals surface area (Å²) in [7, 11) is 0. The third-order valence-electron chi connectivity index (χ3n) is 4.15. The van der Waals surface area contributed by atoms with Crippen molar-refractivity contribution < 1.29 is 9.59 Å². The lowest BCUT2D eigenvalue weighted by Crippen LogP contribution is -2.42. The van der Waals surface area contributed by atoms with E-state index in [1.54, 1.807) is 11.8 Å². The van der Waals surface area contributed by atoms with Crippen molar-refractivity contribution in [3.05, 3.63) is 23.8 Å². The largest absolute Gasteiger partial charge is 0.336 e. The Morgan fingerprint density at radius 2 is 2.24 bits per heavy atom. The highest BCUT2D eigenvalue weighted by Gasteiger charge is 2.25. The first-order valence-electron chi connectivity index (χ1n) is 7.53. The van der Waals surface area contributed by atoms with Gasteiger partial charge in [0.2, 0.25) is 5.91 Å². The number of carbonyl (C=O) groups is 2. The normalized spacial score (nSPS) is 22.2. The fourth-order valence-corrected chi connectivity index (χ4v) is 3.86. The van der Waals surface area contributed by atoms with Crippen LogP contribution < -0.4 is 5.32 Å². The molecule has 1 atom stereocenters. The highest BCUT2D eigenvalue weighted by molar-refractivity contribution is 7.99. The molecule has 2 aliphatic heterocycles. The maximum Gasteiger partial charge on any atom is 0.254 e. The molecule has 1 aromatic carbocycles. The molecule has 0 spiro atoms. The Morgan fingerprint density at radius 3 is 3.05 bits per heavy atom. The molecule has 21 heavy (non-hydrogen) atoms. The topological polar surface area (TPSA) is 49.4 Å².